The Bertz CT molecular complexity index is 1280. The molecule has 4 rings (SSSR count). The minimum Gasteiger partial charge on any atom is -0.294 e. The van der Waals surface area contributed by atoms with Crippen molar-refractivity contribution >= 4 is 32.5 Å². The summed E-state index contributed by atoms with van der Waals surface area (Å²) in [6, 6.07) is 3.65. The standard InChI is InChI=1S/C23H26F2N4O3S/c1-2-10-33(31,32)29-18-9-8-17(24)20(21(18)25)19(30)12-14-11-16-22(15-6-4-3-5-7-15)27-28-23(16)26-13-14/h8-9,11,13,15,29H,2-7,10,12H2,1H3,(H,26,27,28). The van der Waals surface area contributed by atoms with Gasteiger partial charge in [0.15, 0.2) is 17.2 Å². The highest BCUT2D eigenvalue weighted by molar-refractivity contribution is 7.92. The van der Waals surface area contributed by atoms with Crippen molar-refractivity contribution in [3.8, 4) is 0 Å². The van der Waals surface area contributed by atoms with E-state index in [1.54, 1.807) is 13.0 Å². The number of aromatic amines is 1. The Balaban J connectivity index is 1.61. The average molecular weight is 477 g/mol. The SMILES string of the molecule is CCCS(=O)(=O)Nc1ccc(F)c(C(=O)Cc2cnc3n[nH]c(C4CCCCC4)c3c2)c1F. The molecule has 1 aliphatic rings. The van der Waals surface area contributed by atoms with Crippen molar-refractivity contribution in [3.05, 3.63) is 52.9 Å². The number of benzene rings is 1. The first-order valence-corrected chi connectivity index (χ1v) is 12.8. The van der Waals surface area contributed by atoms with Gasteiger partial charge in [-0.1, -0.05) is 26.2 Å². The maximum atomic E-state index is 14.9. The van der Waals surface area contributed by atoms with Crippen molar-refractivity contribution < 1.29 is 22.0 Å². The number of nitrogens with zero attached hydrogens (tertiary/aromatic N) is 2. The van der Waals surface area contributed by atoms with E-state index in [1.165, 1.54) is 12.6 Å². The molecular formula is C23H26F2N4O3S. The summed E-state index contributed by atoms with van der Waals surface area (Å²) < 4.78 is 55.4. The van der Waals surface area contributed by atoms with E-state index in [1.807, 2.05) is 0 Å². The lowest BCUT2D eigenvalue weighted by Crippen LogP contribution is -2.19. The highest BCUT2D eigenvalue weighted by Crippen LogP contribution is 2.35. The quantitative estimate of drug-likeness (QED) is 0.452. The topological polar surface area (TPSA) is 105 Å². The summed E-state index contributed by atoms with van der Waals surface area (Å²) in [5.41, 5.74) is 0.803. The van der Waals surface area contributed by atoms with Crippen LogP contribution < -0.4 is 4.72 Å². The largest absolute Gasteiger partial charge is 0.294 e. The summed E-state index contributed by atoms with van der Waals surface area (Å²) in [6.45, 7) is 1.67. The van der Waals surface area contributed by atoms with Gasteiger partial charge >= 0.3 is 0 Å². The summed E-state index contributed by atoms with van der Waals surface area (Å²) in [7, 11) is -3.80. The summed E-state index contributed by atoms with van der Waals surface area (Å²) in [6.07, 6.45) is 7.13. The van der Waals surface area contributed by atoms with Crippen LogP contribution in [0.5, 0.6) is 0 Å². The van der Waals surface area contributed by atoms with Crippen LogP contribution in [0.15, 0.2) is 24.4 Å². The number of carbonyl (C=O) groups is 1. The molecule has 0 spiro atoms. The molecule has 0 amide bonds. The van der Waals surface area contributed by atoms with E-state index in [2.05, 4.69) is 19.9 Å². The number of anilines is 1. The highest BCUT2D eigenvalue weighted by atomic mass is 32.2. The van der Waals surface area contributed by atoms with Crippen LogP contribution in [0.2, 0.25) is 0 Å². The van der Waals surface area contributed by atoms with Crippen molar-refractivity contribution in [1.82, 2.24) is 15.2 Å². The molecule has 1 aliphatic carbocycles. The van der Waals surface area contributed by atoms with Crippen LogP contribution in [0.1, 0.15) is 73.0 Å². The van der Waals surface area contributed by atoms with Crippen molar-refractivity contribution in [2.45, 2.75) is 57.8 Å². The Morgan fingerprint density at radius 1 is 1.21 bits per heavy atom. The first-order chi connectivity index (χ1) is 15.8. The predicted molar refractivity (Wildman–Crippen MR) is 122 cm³/mol. The minimum absolute atomic E-state index is 0.215. The normalized spacial score (nSPS) is 15.1. The zero-order valence-corrected chi connectivity index (χ0v) is 19.1. The molecule has 0 bridgehead atoms. The summed E-state index contributed by atoms with van der Waals surface area (Å²) in [5.74, 6) is -2.94. The molecule has 0 radical (unpaired) electrons. The van der Waals surface area contributed by atoms with Crippen LogP contribution in [-0.4, -0.2) is 35.1 Å². The number of Topliss-reactive ketones (excluding diaryl/α,β-unsaturated/α-hetero) is 1. The maximum absolute atomic E-state index is 14.9. The zero-order valence-electron chi connectivity index (χ0n) is 18.3. The van der Waals surface area contributed by atoms with Gasteiger partial charge in [0.25, 0.3) is 0 Å². The average Bonchev–Trinajstić information content (AvgIpc) is 3.19. The minimum atomic E-state index is -3.80. The fourth-order valence-electron chi connectivity index (χ4n) is 4.41. The molecule has 0 atom stereocenters. The second kappa shape index (κ2) is 9.54. The summed E-state index contributed by atoms with van der Waals surface area (Å²) in [5, 5.41) is 8.14. The van der Waals surface area contributed by atoms with Gasteiger partial charge in [0.1, 0.15) is 5.82 Å². The van der Waals surface area contributed by atoms with Crippen molar-refractivity contribution in [2.24, 2.45) is 0 Å². The van der Waals surface area contributed by atoms with E-state index in [0.29, 0.717) is 23.5 Å². The third-order valence-electron chi connectivity index (χ3n) is 5.98. The number of rotatable bonds is 8. The molecule has 2 aromatic heterocycles. The molecule has 10 heteroatoms. The van der Waals surface area contributed by atoms with Gasteiger partial charge in [-0.2, -0.15) is 5.10 Å². The second-order valence-corrected chi connectivity index (χ2v) is 10.3. The molecule has 7 nitrogen and oxygen atoms in total. The number of carbonyl (C=O) groups excluding carboxylic acids is 1. The van der Waals surface area contributed by atoms with Gasteiger partial charge in [0.2, 0.25) is 10.0 Å². The number of H-pyrrole nitrogens is 1. The number of fused-ring (bicyclic) bond motifs is 1. The van der Waals surface area contributed by atoms with Gasteiger partial charge in [-0.25, -0.2) is 22.2 Å². The van der Waals surface area contributed by atoms with E-state index in [0.717, 1.165) is 48.9 Å². The lowest BCUT2D eigenvalue weighted by Gasteiger charge is -2.20. The highest BCUT2D eigenvalue weighted by Gasteiger charge is 2.24. The third-order valence-corrected chi connectivity index (χ3v) is 7.46. The number of sulfonamides is 1. The number of halogens is 2. The zero-order chi connectivity index (χ0) is 23.6. The van der Waals surface area contributed by atoms with Gasteiger partial charge in [-0.05, 0) is 43.0 Å². The first-order valence-electron chi connectivity index (χ1n) is 11.1. The lowest BCUT2D eigenvalue weighted by atomic mass is 9.86. The fraction of sp³-hybridized carbons (Fsp3) is 0.435. The van der Waals surface area contributed by atoms with Crippen LogP contribution in [0.25, 0.3) is 11.0 Å². The number of aromatic nitrogens is 3. The van der Waals surface area contributed by atoms with Gasteiger partial charge in [-0.15, -0.1) is 0 Å². The lowest BCUT2D eigenvalue weighted by molar-refractivity contribution is 0.0985. The third kappa shape index (κ3) is 5.05. The molecule has 2 heterocycles. The molecule has 0 saturated heterocycles. The molecule has 0 aliphatic heterocycles. The van der Waals surface area contributed by atoms with Crippen molar-refractivity contribution in [2.75, 3.05) is 10.5 Å². The van der Waals surface area contributed by atoms with Gasteiger partial charge in [-0.3, -0.25) is 14.6 Å². The molecule has 1 saturated carbocycles. The van der Waals surface area contributed by atoms with Crippen LogP contribution in [0.3, 0.4) is 0 Å². The molecule has 176 valence electrons. The number of nitrogens with one attached hydrogen (secondary N) is 2. The molecule has 1 aromatic carbocycles. The number of hydrogen-bond acceptors (Lipinski definition) is 5. The Hall–Kier alpha value is -2.88. The second-order valence-electron chi connectivity index (χ2n) is 8.49. The van der Waals surface area contributed by atoms with E-state index < -0.39 is 38.7 Å². The fourth-order valence-corrected chi connectivity index (χ4v) is 5.54. The smallest absolute Gasteiger partial charge is 0.232 e. The van der Waals surface area contributed by atoms with Crippen LogP contribution in [0.4, 0.5) is 14.5 Å². The Kier molecular flexibility index (Phi) is 6.73. The van der Waals surface area contributed by atoms with Gasteiger partial charge < -0.3 is 0 Å². The van der Waals surface area contributed by atoms with Crippen LogP contribution in [-0.2, 0) is 16.4 Å². The van der Waals surface area contributed by atoms with Crippen molar-refractivity contribution in [3.63, 3.8) is 0 Å². The van der Waals surface area contributed by atoms with E-state index in [9.17, 15) is 22.0 Å². The molecule has 33 heavy (non-hydrogen) atoms. The first kappa shape index (κ1) is 23.3. The molecule has 2 N–H and O–H groups in total. The molecular weight excluding hydrogens is 450 g/mol. The van der Waals surface area contributed by atoms with E-state index in [4.69, 9.17) is 0 Å². The van der Waals surface area contributed by atoms with Crippen LogP contribution >= 0.6 is 0 Å². The Morgan fingerprint density at radius 2 is 1.97 bits per heavy atom. The van der Waals surface area contributed by atoms with E-state index >= 15 is 0 Å². The maximum Gasteiger partial charge on any atom is 0.232 e. The monoisotopic (exact) mass is 476 g/mol. The number of hydrogen-bond donors (Lipinski definition) is 2. The van der Waals surface area contributed by atoms with Crippen LogP contribution in [0, 0.1) is 11.6 Å². The predicted octanol–water partition coefficient (Wildman–Crippen LogP) is 4.86. The van der Waals surface area contributed by atoms with E-state index in [-0.39, 0.29) is 12.2 Å². The number of pyridine rings is 1. The summed E-state index contributed by atoms with van der Waals surface area (Å²) >= 11 is 0. The number of ketones is 1. The van der Waals surface area contributed by atoms with Gasteiger partial charge in [0, 0.05) is 29.6 Å². The summed E-state index contributed by atoms with van der Waals surface area (Å²) in [4.78, 5) is 17.2. The molecule has 0 unspecified atom stereocenters. The van der Waals surface area contributed by atoms with Crippen molar-refractivity contribution in [1.29, 1.82) is 0 Å². The Morgan fingerprint density at radius 3 is 2.70 bits per heavy atom. The Labute approximate surface area is 191 Å². The van der Waals surface area contributed by atoms with Gasteiger partial charge in [0.05, 0.1) is 17.0 Å². The molecule has 3 aromatic rings. The molecule has 1 fully saturated rings.